The third-order valence-electron chi connectivity index (χ3n) is 4.78. The molecular formula is C19H22N4O4S2. The average molecular weight is 435 g/mol. The number of carbonyl (C=O) groups excluding carboxylic acids is 1. The Hall–Kier alpha value is -2.27. The molecule has 0 unspecified atom stereocenters. The minimum atomic E-state index is -3.49. The van der Waals surface area contributed by atoms with Gasteiger partial charge in [0.25, 0.3) is 0 Å². The highest BCUT2D eigenvalue weighted by Gasteiger charge is 2.26. The first-order chi connectivity index (χ1) is 14.0. The number of rotatable bonds is 7. The van der Waals surface area contributed by atoms with E-state index in [0.29, 0.717) is 45.7 Å². The van der Waals surface area contributed by atoms with Crippen LogP contribution in [0.4, 0.5) is 0 Å². The van der Waals surface area contributed by atoms with Gasteiger partial charge >= 0.3 is 0 Å². The molecule has 3 aromatic rings. The number of imidazole rings is 1. The van der Waals surface area contributed by atoms with Crippen LogP contribution in [0.15, 0.2) is 46.9 Å². The first-order valence-corrected chi connectivity index (χ1v) is 11.7. The van der Waals surface area contributed by atoms with Gasteiger partial charge in [-0.1, -0.05) is 12.1 Å². The number of sulfonamides is 1. The third kappa shape index (κ3) is 4.67. The lowest BCUT2D eigenvalue weighted by atomic mass is 10.1. The minimum absolute atomic E-state index is 0.0635. The summed E-state index contributed by atoms with van der Waals surface area (Å²) in [6.07, 6.45) is 4.71. The van der Waals surface area contributed by atoms with E-state index < -0.39 is 10.0 Å². The Balaban J connectivity index is 1.28. The summed E-state index contributed by atoms with van der Waals surface area (Å²) in [5.74, 6) is -0.0635. The molecule has 1 aliphatic rings. The molecule has 8 nitrogen and oxygen atoms in total. The third-order valence-corrected chi connectivity index (χ3v) is 7.47. The van der Waals surface area contributed by atoms with Crippen LogP contribution in [-0.2, 0) is 32.5 Å². The summed E-state index contributed by atoms with van der Waals surface area (Å²) >= 11 is 1.55. The van der Waals surface area contributed by atoms with E-state index in [-0.39, 0.29) is 10.8 Å². The quantitative estimate of drug-likeness (QED) is 0.611. The molecule has 2 aromatic heterocycles. The number of ether oxygens (including phenoxy) is 1. The van der Waals surface area contributed by atoms with Gasteiger partial charge in [-0.05, 0) is 24.1 Å². The van der Waals surface area contributed by atoms with Gasteiger partial charge < -0.3 is 10.1 Å². The van der Waals surface area contributed by atoms with Gasteiger partial charge in [-0.25, -0.2) is 13.4 Å². The fourth-order valence-electron chi connectivity index (χ4n) is 3.16. The first kappa shape index (κ1) is 20.0. The van der Waals surface area contributed by atoms with Gasteiger partial charge in [-0.3, -0.25) is 9.20 Å². The van der Waals surface area contributed by atoms with E-state index in [0.717, 1.165) is 16.2 Å². The number of fused-ring (bicyclic) bond motifs is 1. The van der Waals surface area contributed by atoms with Gasteiger partial charge in [0.1, 0.15) is 0 Å². The molecule has 10 heteroatoms. The molecule has 0 spiro atoms. The van der Waals surface area contributed by atoms with Crippen LogP contribution in [0.1, 0.15) is 17.7 Å². The summed E-state index contributed by atoms with van der Waals surface area (Å²) in [6, 6.07) is 6.75. The number of nitrogens with zero attached hydrogens (tertiary/aromatic N) is 3. The van der Waals surface area contributed by atoms with E-state index in [4.69, 9.17) is 4.74 Å². The molecule has 1 saturated heterocycles. The Kier molecular flexibility index (Phi) is 5.95. The summed E-state index contributed by atoms with van der Waals surface area (Å²) in [4.78, 5) is 17.7. The van der Waals surface area contributed by atoms with Crippen molar-refractivity contribution >= 4 is 32.2 Å². The smallest absolute Gasteiger partial charge is 0.243 e. The zero-order valence-electron chi connectivity index (χ0n) is 15.8. The molecule has 1 aliphatic heterocycles. The van der Waals surface area contributed by atoms with Gasteiger partial charge in [0.05, 0.1) is 30.3 Å². The molecule has 0 radical (unpaired) electrons. The highest BCUT2D eigenvalue weighted by Crippen LogP contribution is 2.18. The summed E-state index contributed by atoms with van der Waals surface area (Å²) in [7, 11) is -3.49. The molecule has 1 fully saturated rings. The zero-order chi connectivity index (χ0) is 20.3. The maximum Gasteiger partial charge on any atom is 0.243 e. The van der Waals surface area contributed by atoms with Crippen LogP contribution in [0.5, 0.6) is 0 Å². The number of nitrogens with one attached hydrogen (secondary N) is 1. The predicted molar refractivity (Wildman–Crippen MR) is 109 cm³/mol. The number of benzene rings is 1. The maximum atomic E-state index is 12.6. The molecule has 29 heavy (non-hydrogen) atoms. The monoisotopic (exact) mass is 434 g/mol. The fraction of sp³-hybridized carbons (Fsp3) is 0.368. The molecule has 0 bridgehead atoms. The van der Waals surface area contributed by atoms with Crippen molar-refractivity contribution in [1.82, 2.24) is 19.0 Å². The Labute approximate surface area is 173 Å². The van der Waals surface area contributed by atoms with Crippen molar-refractivity contribution < 1.29 is 17.9 Å². The van der Waals surface area contributed by atoms with E-state index in [9.17, 15) is 13.2 Å². The number of thiazole rings is 1. The number of carbonyl (C=O) groups is 1. The zero-order valence-corrected chi connectivity index (χ0v) is 17.4. The van der Waals surface area contributed by atoms with Crippen molar-refractivity contribution in [3.05, 3.63) is 53.3 Å². The summed E-state index contributed by atoms with van der Waals surface area (Å²) < 4.78 is 33.8. The van der Waals surface area contributed by atoms with Crippen LogP contribution in [0.25, 0.3) is 4.96 Å². The maximum absolute atomic E-state index is 12.6. The molecule has 0 saturated carbocycles. The van der Waals surface area contributed by atoms with Crippen LogP contribution in [-0.4, -0.2) is 54.3 Å². The van der Waals surface area contributed by atoms with E-state index in [1.807, 2.05) is 22.2 Å². The van der Waals surface area contributed by atoms with Crippen molar-refractivity contribution in [3.8, 4) is 0 Å². The predicted octanol–water partition coefficient (Wildman–Crippen LogP) is 1.67. The largest absolute Gasteiger partial charge is 0.379 e. The first-order valence-electron chi connectivity index (χ1n) is 9.37. The second-order valence-corrected chi connectivity index (χ2v) is 9.57. The minimum Gasteiger partial charge on any atom is -0.379 e. The Bertz CT molecular complexity index is 1050. The lowest BCUT2D eigenvalue weighted by molar-refractivity contribution is -0.121. The van der Waals surface area contributed by atoms with Crippen LogP contribution in [0.2, 0.25) is 0 Å². The standard InChI is InChI=1S/C19H22N4O4S2/c24-18(20-13-16-14-22-9-12-28-19(22)21-16)6-3-15-1-4-17(5-2-15)29(25,26)23-7-10-27-11-8-23/h1-2,4-5,9,12,14H,3,6-8,10-11,13H2,(H,20,24). The summed E-state index contributed by atoms with van der Waals surface area (Å²) in [5.41, 5.74) is 1.74. The number of morpholine rings is 1. The molecule has 1 aromatic carbocycles. The second-order valence-electron chi connectivity index (χ2n) is 6.76. The van der Waals surface area contributed by atoms with Crippen molar-refractivity contribution in [3.63, 3.8) is 0 Å². The van der Waals surface area contributed by atoms with Gasteiger partial charge in [-0.15, -0.1) is 11.3 Å². The molecule has 1 N–H and O–H groups in total. The molecule has 3 heterocycles. The van der Waals surface area contributed by atoms with Gasteiger partial charge in [0.15, 0.2) is 4.96 Å². The summed E-state index contributed by atoms with van der Waals surface area (Å²) in [5, 5.41) is 4.83. The highest BCUT2D eigenvalue weighted by atomic mass is 32.2. The molecule has 0 aliphatic carbocycles. The lowest BCUT2D eigenvalue weighted by Crippen LogP contribution is -2.40. The lowest BCUT2D eigenvalue weighted by Gasteiger charge is -2.26. The topological polar surface area (TPSA) is 93.0 Å². The highest BCUT2D eigenvalue weighted by molar-refractivity contribution is 7.89. The normalized spacial score (nSPS) is 15.6. The van der Waals surface area contributed by atoms with Crippen LogP contribution >= 0.6 is 11.3 Å². The number of aryl methyl sites for hydroxylation is 1. The number of aromatic nitrogens is 2. The van der Waals surface area contributed by atoms with Crippen LogP contribution in [0, 0.1) is 0 Å². The number of hydrogen-bond donors (Lipinski definition) is 1. The van der Waals surface area contributed by atoms with E-state index in [1.54, 1.807) is 35.6 Å². The SMILES string of the molecule is O=C(CCc1ccc(S(=O)(=O)N2CCOCC2)cc1)NCc1cn2ccsc2n1. The molecule has 1 amide bonds. The van der Waals surface area contributed by atoms with Gasteiger partial charge in [0, 0.05) is 37.3 Å². The van der Waals surface area contributed by atoms with Crippen molar-refractivity contribution in [2.75, 3.05) is 26.3 Å². The molecule has 0 atom stereocenters. The summed E-state index contributed by atoms with van der Waals surface area (Å²) in [6.45, 7) is 1.98. The van der Waals surface area contributed by atoms with Gasteiger partial charge in [-0.2, -0.15) is 4.31 Å². The second kappa shape index (κ2) is 8.62. The van der Waals surface area contributed by atoms with Crippen LogP contribution in [0.3, 0.4) is 0 Å². The number of amides is 1. The van der Waals surface area contributed by atoms with E-state index in [1.165, 1.54) is 4.31 Å². The number of hydrogen-bond acceptors (Lipinski definition) is 6. The van der Waals surface area contributed by atoms with Crippen molar-refractivity contribution in [2.45, 2.75) is 24.3 Å². The Morgan fingerprint density at radius 2 is 1.97 bits per heavy atom. The van der Waals surface area contributed by atoms with E-state index in [2.05, 4.69) is 10.3 Å². The Morgan fingerprint density at radius 3 is 2.69 bits per heavy atom. The van der Waals surface area contributed by atoms with Crippen LogP contribution < -0.4 is 5.32 Å². The molecule has 4 rings (SSSR count). The van der Waals surface area contributed by atoms with Crippen molar-refractivity contribution in [1.29, 1.82) is 0 Å². The fourth-order valence-corrected chi connectivity index (χ4v) is 5.29. The molecule has 154 valence electrons. The Morgan fingerprint density at radius 1 is 1.21 bits per heavy atom. The van der Waals surface area contributed by atoms with Crippen molar-refractivity contribution in [2.24, 2.45) is 0 Å². The van der Waals surface area contributed by atoms with Gasteiger partial charge in [0.2, 0.25) is 15.9 Å². The van der Waals surface area contributed by atoms with E-state index >= 15 is 0 Å². The average Bonchev–Trinajstić information content (AvgIpc) is 3.33. The molecular weight excluding hydrogens is 412 g/mol.